The Kier molecular flexibility index (Phi) is 5.03. The molecular weight excluding hydrogens is 312 g/mol. The average Bonchev–Trinajstić information content (AvgIpc) is 2.73. The Balaban J connectivity index is 2.38. The summed E-state index contributed by atoms with van der Waals surface area (Å²) in [4.78, 5) is 2.34. The lowest BCUT2D eigenvalue weighted by Gasteiger charge is -2.35. The van der Waals surface area contributed by atoms with E-state index in [2.05, 4.69) is 4.90 Å². The maximum atomic E-state index is 13.0. The van der Waals surface area contributed by atoms with Crippen molar-refractivity contribution in [1.29, 1.82) is 0 Å². The average molecular weight is 335 g/mol. The van der Waals surface area contributed by atoms with Crippen LogP contribution in [0.1, 0.15) is 29.9 Å². The Morgan fingerprint density at radius 1 is 1.33 bits per heavy atom. The van der Waals surface area contributed by atoms with Gasteiger partial charge in [-0.3, -0.25) is 0 Å². The predicted octanol–water partition coefficient (Wildman–Crippen LogP) is 2.35. The Hall–Kier alpha value is -0.560. The highest BCUT2D eigenvalue weighted by Gasteiger charge is 2.35. The molecule has 1 aliphatic rings. The third kappa shape index (κ3) is 3.13. The van der Waals surface area contributed by atoms with Crippen LogP contribution in [-0.4, -0.2) is 50.8 Å². The minimum Gasteiger partial charge on any atom is -0.465 e. The molecule has 1 aromatic rings. The Morgan fingerprint density at radius 2 is 2.00 bits per heavy atom. The van der Waals surface area contributed by atoms with Gasteiger partial charge in [0.2, 0.25) is 10.0 Å². The van der Waals surface area contributed by atoms with E-state index < -0.39 is 10.0 Å². The van der Waals surface area contributed by atoms with Gasteiger partial charge in [0.1, 0.15) is 16.4 Å². The molecule has 0 amide bonds. The molecule has 0 saturated carbocycles. The van der Waals surface area contributed by atoms with E-state index in [1.54, 1.807) is 18.2 Å². The Bertz CT molecular complexity index is 610. The zero-order valence-corrected chi connectivity index (χ0v) is 14.6. The van der Waals surface area contributed by atoms with Crippen molar-refractivity contribution in [3.05, 3.63) is 17.1 Å². The summed E-state index contributed by atoms with van der Waals surface area (Å²) in [6.45, 7) is 4.50. The molecule has 0 aromatic carbocycles. The molecule has 0 radical (unpaired) electrons. The summed E-state index contributed by atoms with van der Waals surface area (Å²) in [6.07, 6.45) is 1.89. The van der Waals surface area contributed by atoms with E-state index in [1.165, 1.54) is 0 Å². The van der Waals surface area contributed by atoms with Gasteiger partial charge in [0.15, 0.2) is 0 Å². The first kappa shape index (κ1) is 16.8. The highest BCUT2D eigenvalue weighted by molar-refractivity contribution is 7.89. The molecule has 7 heteroatoms. The van der Waals surface area contributed by atoms with E-state index in [9.17, 15) is 8.42 Å². The molecule has 0 spiro atoms. The molecule has 1 fully saturated rings. The number of sulfonamides is 1. The quantitative estimate of drug-likeness (QED) is 0.793. The highest BCUT2D eigenvalue weighted by atomic mass is 35.5. The van der Waals surface area contributed by atoms with Gasteiger partial charge in [-0.25, -0.2) is 8.42 Å². The second-order valence-electron chi connectivity index (χ2n) is 5.78. The minimum absolute atomic E-state index is 0.142. The molecule has 1 aliphatic heterocycles. The van der Waals surface area contributed by atoms with Crippen LogP contribution in [0.3, 0.4) is 0 Å². The van der Waals surface area contributed by atoms with Crippen LogP contribution in [0, 0.1) is 13.8 Å². The second kappa shape index (κ2) is 6.28. The topological polar surface area (TPSA) is 53.8 Å². The van der Waals surface area contributed by atoms with Gasteiger partial charge in [-0.15, -0.1) is 11.6 Å². The summed E-state index contributed by atoms with van der Waals surface area (Å²) >= 11 is 5.92. The fraction of sp³-hybridized carbons (Fsp3) is 0.714. The van der Waals surface area contributed by atoms with Gasteiger partial charge in [-0.05, 0) is 40.8 Å². The molecule has 2 heterocycles. The fourth-order valence-electron chi connectivity index (χ4n) is 2.89. The molecule has 0 N–H and O–H groups in total. The van der Waals surface area contributed by atoms with E-state index >= 15 is 0 Å². The molecular formula is C14H23ClN2O3S. The fourth-order valence-corrected chi connectivity index (χ4v) is 5.22. The van der Waals surface area contributed by atoms with Crippen LogP contribution in [0.25, 0.3) is 0 Å². The number of nitrogens with zero attached hydrogens (tertiary/aromatic N) is 2. The summed E-state index contributed by atoms with van der Waals surface area (Å²) < 4.78 is 33.0. The number of rotatable bonds is 4. The van der Waals surface area contributed by atoms with E-state index in [4.69, 9.17) is 16.0 Å². The summed E-state index contributed by atoms with van der Waals surface area (Å²) in [7, 11) is 0.416. The van der Waals surface area contributed by atoms with Gasteiger partial charge in [0, 0.05) is 24.7 Å². The first-order chi connectivity index (χ1) is 9.78. The van der Waals surface area contributed by atoms with Crippen molar-refractivity contribution in [3.8, 4) is 0 Å². The Morgan fingerprint density at radius 3 is 2.57 bits per heavy atom. The zero-order valence-electron chi connectivity index (χ0n) is 13.0. The van der Waals surface area contributed by atoms with Crippen molar-refractivity contribution in [2.45, 2.75) is 43.5 Å². The normalized spacial score (nSPS) is 21.1. The van der Waals surface area contributed by atoms with Crippen molar-refractivity contribution in [3.63, 3.8) is 0 Å². The van der Waals surface area contributed by atoms with Crippen LogP contribution < -0.4 is 0 Å². The van der Waals surface area contributed by atoms with Crippen LogP contribution in [0.4, 0.5) is 0 Å². The highest BCUT2D eigenvalue weighted by Crippen LogP contribution is 2.32. The molecule has 1 aromatic heterocycles. The zero-order chi connectivity index (χ0) is 15.8. The van der Waals surface area contributed by atoms with Crippen LogP contribution in [-0.2, 0) is 15.9 Å². The molecule has 5 nitrogen and oxygen atoms in total. The van der Waals surface area contributed by atoms with Gasteiger partial charge in [-0.2, -0.15) is 4.31 Å². The molecule has 1 saturated heterocycles. The largest absolute Gasteiger partial charge is 0.465 e. The minimum atomic E-state index is -3.55. The number of alkyl halides is 1. The molecule has 120 valence electrons. The molecule has 0 bridgehead atoms. The Labute approximate surface area is 131 Å². The molecule has 2 rings (SSSR count). The smallest absolute Gasteiger partial charge is 0.246 e. The van der Waals surface area contributed by atoms with Crippen LogP contribution in [0.2, 0.25) is 0 Å². The number of halogens is 1. The van der Waals surface area contributed by atoms with Gasteiger partial charge in [0.25, 0.3) is 0 Å². The molecule has 1 atom stereocenters. The van der Waals surface area contributed by atoms with E-state index in [-0.39, 0.29) is 16.8 Å². The molecule has 1 unspecified atom stereocenters. The van der Waals surface area contributed by atoms with Crippen molar-refractivity contribution < 1.29 is 12.8 Å². The molecule has 0 aliphatic carbocycles. The third-order valence-corrected chi connectivity index (χ3v) is 6.47. The van der Waals surface area contributed by atoms with Crippen LogP contribution in [0.15, 0.2) is 9.31 Å². The standard InChI is InChI=1S/C14H23ClN2O3S/c1-10-13(8-15)14(11(2)20-10)21(18,19)17-7-5-6-12(9-17)16(3)4/h12H,5-9H2,1-4H3. The lowest BCUT2D eigenvalue weighted by atomic mass is 10.1. The number of piperidine rings is 1. The van der Waals surface area contributed by atoms with E-state index in [1.807, 2.05) is 14.1 Å². The summed E-state index contributed by atoms with van der Waals surface area (Å²) in [5.74, 6) is 1.15. The van der Waals surface area contributed by atoms with Crippen molar-refractivity contribution in [2.24, 2.45) is 0 Å². The second-order valence-corrected chi connectivity index (χ2v) is 7.92. The third-order valence-electron chi connectivity index (χ3n) is 4.15. The summed E-state index contributed by atoms with van der Waals surface area (Å²) in [5, 5.41) is 0. The maximum Gasteiger partial charge on any atom is 0.246 e. The first-order valence-corrected chi connectivity index (χ1v) is 9.08. The number of likely N-dealkylation sites (N-methyl/N-ethyl adjacent to an activating group) is 1. The number of hydrogen-bond donors (Lipinski definition) is 0. The predicted molar refractivity (Wildman–Crippen MR) is 83.2 cm³/mol. The lowest BCUT2D eigenvalue weighted by Crippen LogP contribution is -2.47. The van der Waals surface area contributed by atoms with Gasteiger partial charge >= 0.3 is 0 Å². The number of furan rings is 1. The van der Waals surface area contributed by atoms with Gasteiger partial charge in [-0.1, -0.05) is 0 Å². The van der Waals surface area contributed by atoms with Crippen LogP contribution in [0.5, 0.6) is 0 Å². The summed E-state index contributed by atoms with van der Waals surface area (Å²) in [5.41, 5.74) is 0.584. The molecule has 21 heavy (non-hydrogen) atoms. The van der Waals surface area contributed by atoms with E-state index in [0.717, 1.165) is 12.8 Å². The number of hydrogen-bond acceptors (Lipinski definition) is 4. The van der Waals surface area contributed by atoms with E-state index in [0.29, 0.717) is 30.2 Å². The first-order valence-electron chi connectivity index (χ1n) is 7.10. The monoisotopic (exact) mass is 334 g/mol. The van der Waals surface area contributed by atoms with Crippen molar-refractivity contribution in [1.82, 2.24) is 9.21 Å². The van der Waals surface area contributed by atoms with Gasteiger partial charge in [0.05, 0.1) is 5.88 Å². The summed E-state index contributed by atoms with van der Waals surface area (Å²) in [6, 6.07) is 0.251. The maximum absolute atomic E-state index is 13.0. The SMILES string of the molecule is Cc1oc(C)c(S(=O)(=O)N2CCCC(N(C)C)C2)c1CCl. The lowest BCUT2D eigenvalue weighted by molar-refractivity contribution is 0.190. The number of aryl methyl sites for hydroxylation is 2. The van der Waals surface area contributed by atoms with Crippen molar-refractivity contribution in [2.75, 3.05) is 27.2 Å². The van der Waals surface area contributed by atoms with Crippen molar-refractivity contribution >= 4 is 21.6 Å². The van der Waals surface area contributed by atoms with Gasteiger partial charge < -0.3 is 9.32 Å². The van der Waals surface area contributed by atoms with Crippen LogP contribution >= 0.6 is 11.6 Å².